The second kappa shape index (κ2) is 7.82. The Bertz CT molecular complexity index is 935. The molecular formula is C20H19ClN2O4. The van der Waals surface area contributed by atoms with Crippen LogP contribution in [0.3, 0.4) is 0 Å². The first-order chi connectivity index (χ1) is 12.9. The topological polar surface area (TPSA) is 84.6 Å². The van der Waals surface area contributed by atoms with Gasteiger partial charge in [0.15, 0.2) is 11.5 Å². The molecule has 0 aliphatic carbocycles. The second-order valence-corrected chi connectivity index (χ2v) is 6.71. The van der Waals surface area contributed by atoms with Crippen LogP contribution >= 0.6 is 11.6 Å². The number of nitrogens with one attached hydrogen (secondary N) is 1. The number of hydrogen-bond donors (Lipinski definition) is 2. The third kappa shape index (κ3) is 4.48. The van der Waals surface area contributed by atoms with Crippen molar-refractivity contribution in [3.63, 3.8) is 0 Å². The average molecular weight is 387 g/mol. The summed E-state index contributed by atoms with van der Waals surface area (Å²) in [5.41, 5.74) is 0.262. The Morgan fingerprint density at radius 3 is 2.70 bits per heavy atom. The van der Waals surface area contributed by atoms with Crippen LogP contribution in [0.4, 0.5) is 0 Å². The molecule has 0 radical (unpaired) electrons. The number of aliphatic hydroxyl groups is 1. The molecule has 0 spiro atoms. The van der Waals surface area contributed by atoms with Crippen molar-refractivity contribution in [2.45, 2.75) is 12.5 Å². The summed E-state index contributed by atoms with van der Waals surface area (Å²) in [6, 6.07) is 15.6. The highest BCUT2D eigenvalue weighted by Gasteiger charge is 2.25. The zero-order valence-corrected chi connectivity index (χ0v) is 15.7. The number of hydrogen-bond acceptors (Lipinski definition) is 5. The Hall–Kier alpha value is -2.83. The van der Waals surface area contributed by atoms with Crippen molar-refractivity contribution in [2.75, 3.05) is 13.7 Å². The molecule has 1 amide bonds. The highest BCUT2D eigenvalue weighted by molar-refractivity contribution is 6.30. The molecule has 3 aromatic rings. The molecule has 3 rings (SSSR count). The lowest BCUT2D eigenvalue weighted by atomic mass is 9.96. The number of aromatic nitrogens is 1. The summed E-state index contributed by atoms with van der Waals surface area (Å²) in [4.78, 5) is 12.4. The summed E-state index contributed by atoms with van der Waals surface area (Å²) in [5.74, 6) is 0.680. The first kappa shape index (κ1) is 18.9. The molecule has 0 saturated heterocycles. The van der Waals surface area contributed by atoms with Gasteiger partial charge in [-0.15, -0.1) is 0 Å². The monoisotopic (exact) mass is 386 g/mol. The van der Waals surface area contributed by atoms with Crippen LogP contribution in [0.15, 0.2) is 59.1 Å². The standard InChI is InChI=1S/C20H19ClN2O4/c1-20(25,14-6-8-15(21)9-7-14)12-22-19(24)17-11-18(27-23-17)13-4-3-5-16(10-13)26-2/h3-11,25H,12H2,1-2H3,(H,22,24). The fourth-order valence-electron chi connectivity index (χ4n) is 2.55. The van der Waals surface area contributed by atoms with E-state index in [1.807, 2.05) is 18.2 Å². The lowest BCUT2D eigenvalue weighted by Crippen LogP contribution is -2.38. The average Bonchev–Trinajstić information content (AvgIpc) is 3.17. The van der Waals surface area contributed by atoms with Gasteiger partial charge in [0.05, 0.1) is 13.7 Å². The van der Waals surface area contributed by atoms with E-state index in [1.54, 1.807) is 50.4 Å². The minimum atomic E-state index is -1.25. The number of carbonyl (C=O) groups excluding carboxylic acids is 1. The van der Waals surface area contributed by atoms with E-state index in [1.165, 1.54) is 0 Å². The normalized spacial score (nSPS) is 13.0. The fourth-order valence-corrected chi connectivity index (χ4v) is 2.67. The van der Waals surface area contributed by atoms with E-state index in [4.69, 9.17) is 20.9 Å². The van der Waals surface area contributed by atoms with Crippen LogP contribution in [0.25, 0.3) is 11.3 Å². The van der Waals surface area contributed by atoms with Gasteiger partial charge in [-0.2, -0.15) is 0 Å². The summed E-state index contributed by atoms with van der Waals surface area (Å²) < 4.78 is 10.4. The lowest BCUT2D eigenvalue weighted by molar-refractivity contribution is 0.0524. The van der Waals surface area contributed by atoms with Crippen molar-refractivity contribution >= 4 is 17.5 Å². The molecule has 140 valence electrons. The molecule has 2 N–H and O–H groups in total. The van der Waals surface area contributed by atoms with Crippen molar-refractivity contribution in [1.82, 2.24) is 10.5 Å². The first-order valence-corrected chi connectivity index (χ1v) is 8.64. The molecular weight excluding hydrogens is 368 g/mol. The second-order valence-electron chi connectivity index (χ2n) is 6.27. The molecule has 1 heterocycles. The molecule has 0 aliphatic rings. The van der Waals surface area contributed by atoms with E-state index in [0.717, 1.165) is 5.56 Å². The molecule has 1 atom stereocenters. The number of rotatable bonds is 6. The summed E-state index contributed by atoms with van der Waals surface area (Å²) in [5, 5.41) is 17.6. The quantitative estimate of drug-likeness (QED) is 0.675. The fraction of sp³-hybridized carbons (Fsp3) is 0.200. The Morgan fingerprint density at radius 1 is 1.26 bits per heavy atom. The van der Waals surface area contributed by atoms with Gasteiger partial charge in [-0.05, 0) is 36.8 Å². The van der Waals surface area contributed by atoms with Crippen molar-refractivity contribution in [2.24, 2.45) is 0 Å². The van der Waals surface area contributed by atoms with Gasteiger partial charge in [0.1, 0.15) is 11.4 Å². The Kier molecular flexibility index (Phi) is 5.48. The highest BCUT2D eigenvalue weighted by atomic mass is 35.5. The molecule has 0 saturated carbocycles. The largest absolute Gasteiger partial charge is 0.497 e. The molecule has 6 nitrogen and oxygen atoms in total. The van der Waals surface area contributed by atoms with Crippen molar-refractivity contribution in [3.8, 4) is 17.1 Å². The van der Waals surface area contributed by atoms with Gasteiger partial charge in [0, 0.05) is 16.7 Å². The number of carbonyl (C=O) groups is 1. The van der Waals surface area contributed by atoms with E-state index in [9.17, 15) is 9.90 Å². The Balaban J connectivity index is 1.68. The van der Waals surface area contributed by atoms with Gasteiger partial charge in [0.2, 0.25) is 0 Å². The van der Waals surface area contributed by atoms with Crippen LogP contribution in [0, 0.1) is 0 Å². The first-order valence-electron chi connectivity index (χ1n) is 8.27. The third-order valence-electron chi connectivity index (χ3n) is 4.16. The predicted octanol–water partition coefficient (Wildman–Crippen LogP) is 3.64. The summed E-state index contributed by atoms with van der Waals surface area (Å²) >= 11 is 5.86. The van der Waals surface area contributed by atoms with Gasteiger partial charge in [-0.25, -0.2) is 0 Å². The number of halogens is 1. The van der Waals surface area contributed by atoms with Gasteiger partial charge in [-0.3, -0.25) is 4.79 Å². The number of benzene rings is 2. The molecule has 2 aromatic carbocycles. The van der Waals surface area contributed by atoms with Gasteiger partial charge in [0.25, 0.3) is 5.91 Å². The van der Waals surface area contributed by atoms with Crippen molar-refractivity contribution < 1.29 is 19.2 Å². The Labute approximate surface area is 161 Å². The zero-order valence-electron chi connectivity index (χ0n) is 14.9. The van der Waals surface area contributed by atoms with Gasteiger partial charge in [-0.1, -0.05) is 41.0 Å². The summed E-state index contributed by atoms with van der Waals surface area (Å²) in [6.45, 7) is 1.62. The maximum absolute atomic E-state index is 12.4. The molecule has 27 heavy (non-hydrogen) atoms. The minimum absolute atomic E-state index is 0.00875. The molecule has 0 fully saturated rings. The highest BCUT2D eigenvalue weighted by Crippen LogP contribution is 2.25. The minimum Gasteiger partial charge on any atom is -0.497 e. The zero-order chi connectivity index (χ0) is 19.4. The maximum atomic E-state index is 12.4. The van der Waals surface area contributed by atoms with Crippen LogP contribution < -0.4 is 10.1 Å². The molecule has 7 heteroatoms. The summed E-state index contributed by atoms with van der Waals surface area (Å²) in [7, 11) is 1.57. The predicted molar refractivity (Wildman–Crippen MR) is 102 cm³/mol. The van der Waals surface area contributed by atoms with Crippen LogP contribution in [0.2, 0.25) is 5.02 Å². The van der Waals surface area contributed by atoms with Gasteiger partial charge >= 0.3 is 0 Å². The van der Waals surface area contributed by atoms with Crippen molar-refractivity contribution in [3.05, 3.63) is 70.9 Å². The van der Waals surface area contributed by atoms with Gasteiger partial charge < -0.3 is 19.7 Å². The summed E-state index contributed by atoms with van der Waals surface area (Å²) in [6.07, 6.45) is 0. The number of methoxy groups -OCH3 is 1. The third-order valence-corrected chi connectivity index (χ3v) is 4.41. The molecule has 0 aliphatic heterocycles. The van der Waals surface area contributed by atoms with Crippen LogP contribution in [0.1, 0.15) is 23.0 Å². The molecule has 1 unspecified atom stereocenters. The number of amides is 1. The van der Waals surface area contributed by atoms with E-state index in [0.29, 0.717) is 22.1 Å². The number of nitrogens with zero attached hydrogens (tertiary/aromatic N) is 1. The lowest BCUT2D eigenvalue weighted by Gasteiger charge is -2.24. The SMILES string of the molecule is COc1cccc(-c2cc(C(=O)NCC(C)(O)c3ccc(Cl)cc3)no2)c1. The van der Waals surface area contributed by atoms with Crippen LogP contribution in [0.5, 0.6) is 5.75 Å². The maximum Gasteiger partial charge on any atom is 0.273 e. The van der Waals surface area contributed by atoms with Crippen molar-refractivity contribution in [1.29, 1.82) is 0 Å². The molecule has 0 bridgehead atoms. The van der Waals surface area contributed by atoms with E-state index in [2.05, 4.69) is 10.5 Å². The van der Waals surface area contributed by atoms with E-state index in [-0.39, 0.29) is 12.2 Å². The van der Waals surface area contributed by atoms with Crippen LogP contribution in [-0.4, -0.2) is 29.8 Å². The smallest absolute Gasteiger partial charge is 0.273 e. The van der Waals surface area contributed by atoms with E-state index >= 15 is 0 Å². The molecule has 1 aromatic heterocycles. The van der Waals surface area contributed by atoms with Crippen LogP contribution in [-0.2, 0) is 5.60 Å². The number of ether oxygens (including phenoxy) is 1. The van der Waals surface area contributed by atoms with E-state index < -0.39 is 11.5 Å². The Morgan fingerprint density at radius 2 is 2.00 bits per heavy atom.